The summed E-state index contributed by atoms with van der Waals surface area (Å²) in [5, 5.41) is 15.3. The smallest absolute Gasteiger partial charge is 0.276 e. The lowest BCUT2D eigenvalue weighted by Crippen LogP contribution is -2.38. The first kappa shape index (κ1) is 19.7. The van der Waals surface area contributed by atoms with Gasteiger partial charge in [-0.25, -0.2) is 0 Å². The molecule has 2 heterocycles. The summed E-state index contributed by atoms with van der Waals surface area (Å²) >= 11 is 6.16. The van der Waals surface area contributed by atoms with Crippen molar-refractivity contribution >= 4 is 17.5 Å². The average Bonchev–Trinajstić information content (AvgIpc) is 3.05. The molecule has 1 aromatic carbocycles. The summed E-state index contributed by atoms with van der Waals surface area (Å²) in [4.78, 5) is 14.3. The number of rotatable bonds is 5. The third-order valence-electron chi connectivity index (χ3n) is 4.91. The van der Waals surface area contributed by atoms with E-state index in [1.165, 1.54) is 0 Å². The average molecular weight is 393 g/mol. The molecule has 0 radical (unpaired) electrons. The largest absolute Gasteiger partial charge is 0.489 e. The van der Waals surface area contributed by atoms with Gasteiger partial charge in [0, 0.05) is 25.6 Å². The summed E-state index contributed by atoms with van der Waals surface area (Å²) in [5.74, 6) is 1.09. The minimum Gasteiger partial charge on any atom is -0.489 e. The van der Waals surface area contributed by atoms with Gasteiger partial charge in [0.25, 0.3) is 5.91 Å². The van der Waals surface area contributed by atoms with Gasteiger partial charge in [-0.05, 0) is 43.9 Å². The molecule has 0 aliphatic carbocycles. The number of halogens is 1. The molecule has 1 unspecified atom stereocenters. The number of aryl methyl sites for hydroxylation is 2. The van der Waals surface area contributed by atoms with E-state index in [2.05, 4.69) is 5.16 Å². The van der Waals surface area contributed by atoms with Crippen molar-refractivity contribution in [1.82, 2.24) is 10.1 Å². The highest BCUT2D eigenvalue weighted by molar-refractivity contribution is 6.32. The first-order chi connectivity index (χ1) is 12.9. The van der Waals surface area contributed by atoms with Gasteiger partial charge in [-0.1, -0.05) is 29.7 Å². The maximum Gasteiger partial charge on any atom is 0.276 e. The summed E-state index contributed by atoms with van der Waals surface area (Å²) in [5.41, 5.74) is 0.360. The topological polar surface area (TPSA) is 75.8 Å². The maximum atomic E-state index is 12.6. The van der Waals surface area contributed by atoms with Crippen molar-refractivity contribution in [3.63, 3.8) is 0 Å². The molecule has 7 heteroatoms. The molecule has 27 heavy (non-hydrogen) atoms. The summed E-state index contributed by atoms with van der Waals surface area (Å²) < 4.78 is 10.9. The first-order valence-corrected chi connectivity index (χ1v) is 9.64. The van der Waals surface area contributed by atoms with Crippen molar-refractivity contribution < 1.29 is 19.2 Å². The van der Waals surface area contributed by atoms with E-state index < -0.39 is 5.60 Å². The molecule has 1 aliphatic heterocycles. The molecular formula is C20H25ClN2O4. The summed E-state index contributed by atoms with van der Waals surface area (Å²) in [6.07, 6.45) is 2.37. The SMILES string of the molecule is CCc1cc(C(=O)N2CCCC(O)(COc3cc(C)ccc3Cl)CC2)no1. The summed E-state index contributed by atoms with van der Waals surface area (Å²) in [6.45, 7) is 5.06. The van der Waals surface area contributed by atoms with Crippen LogP contribution in [0.1, 0.15) is 48.0 Å². The highest BCUT2D eigenvalue weighted by Gasteiger charge is 2.33. The Labute approximate surface area is 164 Å². The van der Waals surface area contributed by atoms with Crippen molar-refractivity contribution in [2.75, 3.05) is 19.7 Å². The first-order valence-electron chi connectivity index (χ1n) is 9.26. The Kier molecular flexibility index (Phi) is 6.07. The Morgan fingerprint density at radius 2 is 2.19 bits per heavy atom. The van der Waals surface area contributed by atoms with Gasteiger partial charge >= 0.3 is 0 Å². The predicted octanol–water partition coefficient (Wildman–Crippen LogP) is 3.64. The monoisotopic (exact) mass is 392 g/mol. The molecule has 3 rings (SSSR count). The van der Waals surface area contributed by atoms with Crippen molar-refractivity contribution in [3.05, 3.63) is 46.3 Å². The van der Waals surface area contributed by atoms with Gasteiger partial charge < -0.3 is 19.3 Å². The lowest BCUT2D eigenvalue weighted by Gasteiger charge is -2.27. The Morgan fingerprint density at radius 3 is 2.93 bits per heavy atom. The van der Waals surface area contributed by atoms with Gasteiger partial charge in [0.1, 0.15) is 23.7 Å². The van der Waals surface area contributed by atoms with Crippen LogP contribution in [0.3, 0.4) is 0 Å². The van der Waals surface area contributed by atoms with Crippen LogP contribution in [0, 0.1) is 6.92 Å². The normalized spacial score (nSPS) is 20.4. The van der Waals surface area contributed by atoms with E-state index in [-0.39, 0.29) is 12.5 Å². The fourth-order valence-electron chi connectivity index (χ4n) is 3.20. The number of benzene rings is 1. The predicted molar refractivity (Wildman–Crippen MR) is 102 cm³/mol. The number of carbonyl (C=O) groups excluding carboxylic acids is 1. The van der Waals surface area contributed by atoms with Crippen LogP contribution in [0.5, 0.6) is 5.75 Å². The highest BCUT2D eigenvalue weighted by atomic mass is 35.5. The molecule has 1 atom stereocenters. The van der Waals surface area contributed by atoms with Crippen molar-refractivity contribution in [2.24, 2.45) is 0 Å². The summed E-state index contributed by atoms with van der Waals surface area (Å²) in [7, 11) is 0. The lowest BCUT2D eigenvalue weighted by molar-refractivity contribution is -0.0163. The van der Waals surface area contributed by atoms with E-state index in [1.54, 1.807) is 17.0 Å². The minimum atomic E-state index is -0.999. The second kappa shape index (κ2) is 8.31. The Hall–Kier alpha value is -2.05. The molecule has 1 aliphatic rings. The van der Waals surface area contributed by atoms with E-state index in [4.69, 9.17) is 20.9 Å². The van der Waals surface area contributed by atoms with Crippen LogP contribution in [0.15, 0.2) is 28.8 Å². The molecule has 1 aromatic heterocycles. The molecule has 0 saturated carbocycles. The highest BCUT2D eigenvalue weighted by Crippen LogP contribution is 2.29. The third kappa shape index (κ3) is 4.82. The van der Waals surface area contributed by atoms with Crippen molar-refractivity contribution in [3.8, 4) is 5.75 Å². The quantitative estimate of drug-likeness (QED) is 0.840. The fraction of sp³-hybridized carbons (Fsp3) is 0.500. The van der Waals surface area contributed by atoms with Crippen LogP contribution in [0.25, 0.3) is 0 Å². The van der Waals surface area contributed by atoms with Crippen LogP contribution >= 0.6 is 11.6 Å². The number of amides is 1. The number of aromatic nitrogens is 1. The van der Waals surface area contributed by atoms with Gasteiger partial charge in [-0.15, -0.1) is 0 Å². The lowest BCUT2D eigenvalue weighted by atomic mass is 9.96. The molecule has 1 saturated heterocycles. The van der Waals surface area contributed by atoms with E-state index in [0.717, 1.165) is 5.56 Å². The molecule has 1 N–H and O–H groups in total. The van der Waals surface area contributed by atoms with Gasteiger partial charge in [-0.3, -0.25) is 4.79 Å². The Balaban J connectivity index is 1.61. The van der Waals surface area contributed by atoms with E-state index in [0.29, 0.717) is 61.0 Å². The molecule has 146 valence electrons. The maximum absolute atomic E-state index is 12.6. The fourth-order valence-corrected chi connectivity index (χ4v) is 3.37. The number of aliphatic hydroxyl groups is 1. The van der Waals surface area contributed by atoms with Crippen LogP contribution in [0.2, 0.25) is 5.02 Å². The van der Waals surface area contributed by atoms with Gasteiger partial charge in [-0.2, -0.15) is 0 Å². The van der Waals surface area contributed by atoms with Gasteiger partial charge in [0.2, 0.25) is 0 Å². The zero-order valence-electron chi connectivity index (χ0n) is 15.7. The summed E-state index contributed by atoms with van der Waals surface area (Å²) in [6, 6.07) is 7.23. The van der Waals surface area contributed by atoms with Crippen LogP contribution in [-0.2, 0) is 6.42 Å². The zero-order chi connectivity index (χ0) is 19.4. The zero-order valence-corrected chi connectivity index (χ0v) is 16.5. The molecule has 0 bridgehead atoms. The van der Waals surface area contributed by atoms with Gasteiger partial charge in [0.05, 0.1) is 5.02 Å². The number of carbonyl (C=O) groups is 1. The Morgan fingerprint density at radius 1 is 1.37 bits per heavy atom. The molecule has 2 aromatic rings. The number of hydrogen-bond donors (Lipinski definition) is 1. The second-order valence-corrected chi connectivity index (χ2v) is 7.53. The molecule has 6 nitrogen and oxygen atoms in total. The second-order valence-electron chi connectivity index (χ2n) is 7.12. The van der Waals surface area contributed by atoms with Crippen LogP contribution < -0.4 is 4.74 Å². The van der Waals surface area contributed by atoms with E-state index >= 15 is 0 Å². The van der Waals surface area contributed by atoms with Crippen LogP contribution in [0.4, 0.5) is 0 Å². The number of ether oxygens (including phenoxy) is 1. The third-order valence-corrected chi connectivity index (χ3v) is 5.23. The molecule has 1 amide bonds. The molecule has 0 spiro atoms. The minimum absolute atomic E-state index is 0.141. The number of likely N-dealkylation sites (tertiary alicyclic amines) is 1. The van der Waals surface area contributed by atoms with Crippen molar-refractivity contribution in [1.29, 1.82) is 0 Å². The number of nitrogens with zero attached hydrogens (tertiary/aromatic N) is 2. The van der Waals surface area contributed by atoms with Gasteiger partial charge in [0.15, 0.2) is 5.69 Å². The number of hydrogen-bond acceptors (Lipinski definition) is 5. The van der Waals surface area contributed by atoms with Crippen LogP contribution in [-0.4, -0.2) is 46.4 Å². The van der Waals surface area contributed by atoms with E-state index in [9.17, 15) is 9.90 Å². The Bertz CT molecular complexity index is 807. The molecule has 1 fully saturated rings. The van der Waals surface area contributed by atoms with E-state index in [1.807, 2.05) is 26.0 Å². The standard InChI is InChI=1S/C20H25ClN2O4/c1-3-15-12-17(22-27-15)19(24)23-9-4-7-20(25,8-10-23)13-26-18-11-14(2)5-6-16(18)21/h5-6,11-12,25H,3-4,7-10,13H2,1-2H3. The molecular weight excluding hydrogens is 368 g/mol. The van der Waals surface area contributed by atoms with Crippen molar-refractivity contribution in [2.45, 2.75) is 45.1 Å².